The Hall–Kier alpha value is -2.73. The third kappa shape index (κ3) is 3.20. The van der Waals surface area contributed by atoms with Crippen LogP contribution in [0.3, 0.4) is 0 Å². The molecule has 4 aromatic rings. The van der Waals surface area contributed by atoms with Crippen molar-refractivity contribution >= 4 is 38.6 Å². The molecule has 2 aromatic heterocycles. The number of hydrogen-bond donors (Lipinski definition) is 0. The molecule has 0 bridgehead atoms. The lowest BCUT2D eigenvalue weighted by atomic mass is 10.2. The SMILES string of the molecule is C[C@@H](c1nc2ccccc2s1)N(C)C(=O)CCc1nc2ccccc2o1. The number of rotatable bonds is 5. The summed E-state index contributed by atoms with van der Waals surface area (Å²) in [7, 11) is 1.82. The predicted octanol–water partition coefficient (Wildman–Crippen LogP) is 4.59. The van der Waals surface area contributed by atoms with Gasteiger partial charge in [-0.05, 0) is 31.2 Å². The number of oxazole rings is 1. The van der Waals surface area contributed by atoms with Gasteiger partial charge in [0.15, 0.2) is 11.5 Å². The van der Waals surface area contributed by atoms with Gasteiger partial charge in [0.1, 0.15) is 10.5 Å². The number of thiazole rings is 1. The lowest BCUT2D eigenvalue weighted by Crippen LogP contribution is -2.29. The summed E-state index contributed by atoms with van der Waals surface area (Å²) < 4.78 is 6.83. The van der Waals surface area contributed by atoms with Gasteiger partial charge in [-0.15, -0.1) is 11.3 Å². The van der Waals surface area contributed by atoms with Crippen LogP contribution in [-0.4, -0.2) is 27.8 Å². The summed E-state index contributed by atoms with van der Waals surface area (Å²) in [4.78, 5) is 23.4. The Labute approximate surface area is 155 Å². The monoisotopic (exact) mass is 365 g/mol. The highest BCUT2D eigenvalue weighted by atomic mass is 32.1. The van der Waals surface area contributed by atoms with Crippen LogP contribution in [0.2, 0.25) is 0 Å². The number of aromatic nitrogens is 2. The first kappa shape index (κ1) is 16.7. The molecule has 2 heterocycles. The number of aryl methyl sites for hydroxylation is 1. The van der Waals surface area contributed by atoms with E-state index in [1.807, 2.05) is 56.4 Å². The fourth-order valence-corrected chi connectivity index (χ4v) is 3.93. The fraction of sp³-hybridized carbons (Fsp3) is 0.250. The van der Waals surface area contributed by atoms with Gasteiger partial charge in [0.25, 0.3) is 0 Å². The van der Waals surface area contributed by atoms with Crippen LogP contribution in [-0.2, 0) is 11.2 Å². The molecule has 4 rings (SSSR count). The van der Waals surface area contributed by atoms with Crippen molar-refractivity contribution in [1.29, 1.82) is 0 Å². The average molecular weight is 365 g/mol. The zero-order valence-corrected chi connectivity index (χ0v) is 15.5. The number of benzene rings is 2. The first-order chi connectivity index (χ1) is 12.6. The number of carbonyl (C=O) groups is 1. The maximum absolute atomic E-state index is 12.6. The van der Waals surface area contributed by atoms with E-state index in [9.17, 15) is 4.79 Å². The minimum atomic E-state index is -0.0662. The summed E-state index contributed by atoms with van der Waals surface area (Å²) in [6.45, 7) is 2.01. The molecule has 0 N–H and O–H groups in total. The molecule has 0 aliphatic rings. The Morgan fingerprint density at radius 3 is 2.62 bits per heavy atom. The van der Waals surface area contributed by atoms with Crippen molar-refractivity contribution in [2.75, 3.05) is 7.05 Å². The quantitative estimate of drug-likeness (QED) is 0.519. The summed E-state index contributed by atoms with van der Waals surface area (Å²) in [6, 6.07) is 15.6. The van der Waals surface area contributed by atoms with Gasteiger partial charge >= 0.3 is 0 Å². The van der Waals surface area contributed by atoms with E-state index < -0.39 is 0 Å². The van der Waals surface area contributed by atoms with Crippen LogP contribution in [0.5, 0.6) is 0 Å². The molecule has 132 valence electrons. The Morgan fingerprint density at radius 2 is 1.85 bits per heavy atom. The van der Waals surface area contributed by atoms with Crippen LogP contribution < -0.4 is 0 Å². The largest absolute Gasteiger partial charge is 0.441 e. The molecule has 1 amide bonds. The smallest absolute Gasteiger partial charge is 0.223 e. The van der Waals surface area contributed by atoms with E-state index in [2.05, 4.69) is 16.0 Å². The van der Waals surface area contributed by atoms with Crippen LogP contribution in [0.1, 0.15) is 30.3 Å². The van der Waals surface area contributed by atoms with Crippen molar-refractivity contribution in [3.63, 3.8) is 0 Å². The van der Waals surface area contributed by atoms with Crippen molar-refractivity contribution in [1.82, 2.24) is 14.9 Å². The summed E-state index contributed by atoms with van der Waals surface area (Å²) in [5.41, 5.74) is 2.56. The Kier molecular flexibility index (Phi) is 4.42. The summed E-state index contributed by atoms with van der Waals surface area (Å²) >= 11 is 1.63. The molecule has 0 fully saturated rings. The molecular formula is C20H19N3O2S. The second-order valence-corrected chi connectivity index (χ2v) is 7.34. The second kappa shape index (κ2) is 6.88. The molecule has 0 saturated carbocycles. The molecule has 6 heteroatoms. The summed E-state index contributed by atoms with van der Waals surface area (Å²) in [5.74, 6) is 0.652. The molecule has 2 aromatic carbocycles. The topological polar surface area (TPSA) is 59.2 Å². The molecule has 1 atom stereocenters. The number of para-hydroxylation sites is 3. The number of hydrogen-bond acceptors (Lipinski definition) is 5. The van der Waals surface area contributed by atoms with Crippen LogP contribution in [0.4, 0.5) is 0 Å². The zero-order valence-electron chi connectivity index (χ0n) is 14.7. The van der Waals surface area contributed by atoms with E-state index in [1.165, 1.54) is 0 Å². The minimum Gasteiger partial charge on any atom is -0.441 e. The average Bonchev–Trinajstić information content (AvgIpc) is 3.28. The van der Waals surface area contributed by atoms with Gasteiger partial charge in [0, 0.05) is 19.9 Å². The molecule has 0 spiro atoms. The molecule has 0 aliphatic heterocycles. The van der Waals surface area contributed by atoms with E-state index in [0.717, 1.165) is 26.3 Å². The first-order valence-electron chi connectivity index (χ1n) is 8.57. The third-order valence-corrected chi connectivity index (χ3v) is 5.74. The van der Waals surface area contributed by atoms with E-state index in [1.54, 1.807) is 16.2 Å². The number of fused-ring (bicyclic) bond motifs is 2. The number of carbonyl (C=O) groups excluding carboxylic acids is 1. The standard InChI is InChI=1S/C20H19N3O2S/c1-13(20-22-15-8-4-6-10-17(15)26-20)23(2)19(24)12-11-18-21-14-7-3-5-9-16(14)25-18/h3-10,13H,11-12H2,1-2H3/t13-/m0/s1. The molecule has 0 radical (unpaired) electrons. The van der Waals surface area contributed by atoms with Crippen LogP contribution in [0, 0.1) is 0 Å². The van der Waals surface area contributed by atoms with Crippen molar-refractivity contribution < 1.29 is 9.21 Å². The van der Waals surface area contributed by atoms with Gasteiger partial charge in [-0.1, -0.05) is 24.3 Å². The van der Waals surface area contributed by atoms with Gasteiger partial charge < -0.3 is 9.32 Å². The van der Waals surface area contributed by atoms with Crippen LogP contribution in [0.25, 0.3) is 21.3 Å². The third-order valence-electron chi connectivity index (χ3n) is 4.53. The molecular weight excluding hydrogens is 346 g/mol. The lowest BCUT2D eigenvalue weighted by molar-refractivity contribution is -0.131. The maximum Gasteiger partial charge on any atom is 0.223 e. The highest BCUT2D eigenvalue weighted by Gasteiger charge is 2.21. The van der Waals surface area contributed by atoms with Crippen molar-refractivity contribution in [2.24, 2.45) is 0 Å². The van der Waals surface area contributed by atoms with Gasteiger partial charge in [0.2, 0.25) is 5.91 Å². The molecule has 0 unspecified atom stereocenters. The van der Waals surface area contributed by atoms with E-state index in [-0.39, 0.29) is 11.9 Å². The van der Waals surface area contributed by atoms with E-state index >= 15 is 0 Å². The number of amides is 1. The second-order valence-electron chi connectivity index (χ2n) is 6.28. The van der Waals surface area contributed by atoms with Gasteiger partial charge in [-0.3, -0.25) is 4.79 Å². The lowest BCUT2D eigenvalue weighted by Gasteiger charge is -2.23. The Balaban J connectivity index is 1.43. The fourth-order valence-electron chi connectivity index (χ4n) is 2.87. The van der Waals surface area contributed by atoms with Crippen molar-refractivity contribution in [3.05, 3.63) is 59.4 Å². The van der Waals surface area contributed by atoms with Crippen molar-refractivity contribution in [3.8, 4) is 0 Å². The van der Waals surface area contributed by atoms with Crippen LogP contribution >= 0.6 is 11.3 Å². The Bertz CT molecular complexity index is 1000. The van der Waals surface area contributed by atoms with E-state index in [0.29, 0.717) is 18.7 Å². The first-order valence-corrected chi connectivity index (χ1v) is 9.39. The highest BCUT2D eigenvalue weighted by Crippen LogP contribution is 2.29. The van der Waals surface area contributed by atoms with E-state index in [4.69, 9.17) is 4.42 Å². The zero-order chi connectivity index (χ0) is 18.1. The number of nitrogens with zero attached hydrogens (tertiary/aromatic N) is 3. The van der Waals surface area contributed by atoms with Gasteiger partial charge in [-0.2, -0.15) is 0 Å². The van der Waals surface area contributed by atoms with Gasteiger partial charge in [-0.25, -0.2) is 9.97 Å². The summed E-state index contributed by atoms with van der Waals surface area (Å²) in [6.07, 6.45) is 0.850. The summed E-state index contributed by atoms with van der Waals surface area (Å²) in [5, 5.41) is 0.948. The predicted molar refractivity (Wildman–Crippen MR) is 103 cm³/mol. The van der Waals surface area contributed by atoms with Crippen molar-refractivity contribution in [2.45, 2.75) is 25.8 Å². The molecule has 0 saturated heterocycles. The van der Waals surface area contributed by atoms with Crippen LogP contribution in [0.15, 0.2) is 52.9 Å². The molecule has 0 aliphatic carbocycles. The van der Waals surface area contributed by atoms with Gasteiger partial charge in [0.05, 0.1) is 16.3 Å². The minimum absolute atomic E-state index is 0.0546. The molecule has 26 heavy (non-hydrogen) atoms. The molecule has 5 nitrogen and oxygen atoms in total. The highest BCUT2D eigenvalue weighted by molar-refractivity contribution is 7.18. The Morgan fingerprint density at radius 1 is 1.12 bits per heavy atom. The maximum atomic E-state index is 12.6. The normalized spacial score (nSPS) is 12.5.